The van der Waals surface area contributed by atoms with Gasteiger partial charge in [0.05, 0.1) is 28.9 Å². The van der Waals surface area contributed by atoms with Crippen molar-refractivity contribution in [1.29, 1.82) is 0 Å². The lowest BCUT2D eigenvalue weighted by Crippen LogP contribution is -2.56. The molecule has 2 fully saturated rings. The standard InChI is InChI=1S/C26H23FN6O2S/c27-17-13-33(10-6-19(17)32-8-3-9-32)26-29-18-5-2-1-4-15(18)22(30-26)21-20(23(34)31-24(21)35)16-12-28-25-14(16)7-11-36-25/h1-2,4-5,7,11-12,17,19,28H,3,6,8-10,13H2,(H,31,34,35). The largest absolute Gasteiger partial charge is 0.352 e. The van der Waals surface area contributed by atoms with Crippen molar-refractivity contribution < 1.29 is 14.0 Å². The first-order chi connectivity index (χ1) is 17.6. The van der Waals surface area contributed by atoms with Crippen LogP contribution in [-0.2, 0) is 9.59 Å². The number of nitrogens with one attached hydrogen (secondary N) is 2. The van der Waals surface area contributed by atoms with Crippen molar-refractivity contribution in [1.82, 2.24) is 25.2 Å². The van der Waals surface area contributed by atoms with Crippen LogP contribution in [0, 0.1) is 0 Å². The van der Waals surface area contributed by atoms with Crippen LogP contribution >= 0.6 is 11.3 Å². The van der Waals surface area contributed by atoms with E-state index in [1.54, 1.807) is 6.20 Å². The molecule has 0 bridgehead atoms. The third kappa shape index (κ3) is 3.28. The monoisotopic (exact) mass is 502 g/mol. The van der Waals surface area contributed by atoms with Crippen LogP contribution in [-0.4, -0.2) is 70.1 Å². The summed E-state index contributed by atoms with van der Waals surface area (Å²) in [6.45, 7) is 2.74. The Morgan fingerprint density at radius 3 is 2.64 bits per heavy atom. The molecule has 36 heavy (non-hydrogen) atoms. The Hall–Kier alpha value is -3.63. The van der Waals surface area contributed by atoms with Crippen molar-refractivity contribution in [2.45, 2.75) is 25.1 Å². The zero-order valence-electron chi connectivity index (χ0n) is 19.3. The molecule has 2 unspecified atom stereocenters. The number of hydrogen-bond acceptors (Lipinski definition) is 7. The van der Waals surface area contributed by atoms with Crippen molar-refractivity contribution in [2.24, 2.45) is 0 Å². The molecule has 0 radical (unpaired) electrons. The average Bonchev–Trinajstić information content (AvgIpc) is 3.53. The van der Waals surface area contributed by atoms with E-state index < -0.39 is 18.0 Å². The maximum absolute atomic E-state index is 15.2. The van der Waals surface area contributed by atoms with Gasteiger partial charge in [0.1, 0.15) is 11.0 Å². The number of thiophene rings is 1. The van der Waals surface area contributed by atoms with Crippen LogP contribution in [0.25, 0.3) is 32.3 Å². The number of aromatic amines is 1. The van der Waals surface area contributed by atoms with Gasteiger partial charge in [0.15, 0.2) is 0 Å². The molecule has 2 amide bonds. The van der Waals surface area contributed by atoms with Gasteiger partial charge in [-0.2, -0.15) is 0 Å². The Morgan fingerprint density at radius 2 is 1.83 bits per heavy atom. The van der Waals surface area contributed by atoms with Crippen LogP contribution in [0.5, 0.6) is 0 Å². The smallest absolute Gasteiger partial charge is 0.261 e. The molecule has 1 aromatic carbocycles. The predicted molar refractivity (Wildman–Crippen MR) is 137 cm³/mol. The summed E-state index contributed by atoms with van der Waals surface area (Å²) in [7, 11) is 0. The SMILES string of the molecule is O=C1NC(=O)C(c2c[nH]c3sccc23)=C1c1nc(N2CCC(N3CCC3)C(F)C2)nc2ccccc12. The number of imide groups is 1. The second-order valence-corrected chi connectivity index (χ2v) is 10.4. The van der Waals surface area contributed by atoms with E-state index in [0.29, 0.717) is 46.6 Å². The molecule has 7 rings (SSSR count). The van der Waals surface area contributed by atoms with E-state index in [1.165, 1.54) is 11.3 Å². The second kappa shape index (κ2) is 8.21. The number of para-hydroxylation sites is 1. The van der Waals surface area contributed by atoms with Crippen LogP contribution in [0.3, 0.4) is 0 Å². The molecule has 10 heteroatoms. The van der Waals surface area contributed by atoms with Crippen LogP contribution in [0.15, 0.2) is 41.9 Å². The van der Waals surface area contributed by atoms with E-state index >= 15 is 4.39 Å². The fraction of sp³-hybridized carbons (Fsp3) is 0.308. The normalized spacial score (nSPS) is 23.1. The summed E-state index contributed by atoms with van der Waals surface area (Å²) in [6, 6.07) is 9.29. The number of halogens is 1. The highest BCUT2D eigenvalue weighted by atomic mass is 32.1. The second-order valence-electron chi connectivity index (χ2n) is 9.50. The van der Waals surface area contributed by atoms with Crippen molar-refractivity contribution in [2.75, 3.05) is 31.1 Å². The van der Waals surface area contributed by atoms with Gasteiger partial charge >= 0.3 is 0 Å². The molecule has 2 atom stereocenters. The minimum Gasteiger partial charge on any atom is -0.352 e. The van der Waals surface area contributed by atoms with Crippen molar-refractivity contribution >= 4 is 61.4 Å². The number of likely N-dealkylation sites (tertiary alicyclic amines) is 1. The topological polar surface area (TPSA) is 94.2 Å². The third-order valence-corrected chi connectivity index (χ3v) is 8.33. The Labute approximate surface area is 209 Å². The first-order valence-corrected chi connectivity index (χ1v) is 13.0. The zero-order valence-corrected chi connectivity index (χ0v) is 20.1. The van der Waals surface area contributed by atoms with E-state index in [0.717, 1.165) is 29.7 Å². The number of anilines is 1. The lowest BCUT2D eigenvalue weighted by Gasteiger charge is -2.44. The minimum atomic E-state index is -1.00. The van der Waals surface area contributed by atoms with E-state index in [4.69, 9.17) is 9.97 Å². The maximum Gasteiger partial charge on any atom is 0.261 e. The fourth-order valence-electron chi connectivity index (χ4n) is 5.55. The number of nitrogens with zero attached hydrogens (tertiary/aromatic N) is 4. The number of carbonyl (C=O) groups excluding carboxylic acids is 2. The van der Waals surface area contributed by atoms with Gasteiger partial charge in [-0.25, -0.2) is 14.4 Å². The van der Waals surface area contributed by atoms with E-state index in [-0.39, 0.29) is 18.2 Å². The molecule has 0 spiro atoms. The zero-order chi connectivity index (χ0) is 24.4. The van der Waals surface area contributed by atoms with E-state index in [9.17, 15) is 9.59 Å². The highest BCUT2D eigenvalue weighted by molar-refractivity contribution is 7.16. The average molecular weight is 503 g/mol. The van der Waals surface area contributed by atoms with Crippen molar-refractivity contribution in [3.63, 3.8) is 0 Å². The number of hydrogen-bond donors (Lipinski definition) is 2. The number of aromatic nitrogens is 3. The van der Waals surface area contributed by atoms with Crippen molar-refractivity contribution in [3.8, 4) is 0 Å². The van der Waals surface area contributed by atoms with Gasteiger partial charge in [-0.05, 0) is 43.4 Å². The lowest BCUT2D eigenvalue weighted by molar-refractivity contribution is -0.122. The Bertz CT molecular complexity index is 1570. The summed E-state index contributed by atoms with van der Waals surface area (Å²) in [5.41, 5.74) is 2.21. The van der Waals surface area contributed by atoms with Gasteiger partial charge < -0.3 is 9.88 Å². The molecule has 182 valence electrons. The molecule has 3 aliphatic rings. The first-order valence-electron chi connectivity index (χ1n) is 12.1. The molecule has 3 aromatic heterocycles. The van der Waals surface area contributed by atoms with E-state index in [1.807, 2.05) is 40.6 Å². The number of piperidine rings is 1. The molecule has 0 saturated carbocycles. The van der Waals surface area contributed by atoms with Crippen molar-refractivity contribution in [3.05, 3.63) is 53.2 Å². The summed E-state index contributed by atoms with van der Waals surface area (Å²) >= 11 is 1.53. The highest BCUT2D eigenvalue weighted by Crippen LogP contribution is 2.38. The number of carbonyl (C=O) groups is 2. The van der Waals surface area contributed by atoms with Gasteiger partial charge in [-0.3, -0.25) is 19.8 Å². The molecular formula is C26H23FN6O2S. The third-order valence-electron chi connectivity index (χ3n) is 7.48. The van der Waals surface area contributed by atoms with Crippen LogP contribution in [0.4, 0.5) is 10.3 Å². The Morgan fingerprint density at radius 1 is 1.00 bits per heavy atom. The summed E-state index contributed by atoms with van der Waals surface area (Å²) in [5.74, 6) is -0.568. The molecule has 8 nitrogen and oxygen atoms in total. The fourth-order valence-corrected chi connectivity index (χ4v) is 6.32. The first kappa shape index (κ1) is 21.6. The number of alkyl halides is 1. The molecule has 4 aromatic rings. The highest BCUT2D eigenvalue weighted by Gasteiger charge is 2.38. The Balaban J connectivity index is 1.37. The van der Waals surface area contributed by atoms with Gasteiger partial charge in [0.2, 0.25) is 5.95 Å². The number of fused-ring (bicyclic) bond motifs is 2. The summed E-state index contributed by atoms with van der Waals surface area (Å²) in [4.78, 5) is 43.9. The van der Waals surface area contributed by atoms with Gasteiger partial charge in [0, 0.05) is 35.1 Å². The Kier molecular flexibility index (Phi) is 4.93. The number of benzene rings is 1. The quantitative estimate of drug-likeness (QED) is 0.416. The molecule has 2 saturated heterocycles. The lowest BCUT2D eigenvalue weighted by atomic mass is 9.97. The van der Waals surface area contributed by atoms with Gasteiger partial charge in [-0.15, -0.1) is 11.3 Å². The van der Waals surface area contributed by atoms with Gasteiger partial charge in [0.25, 0.3) is 11.8 Å². The van der Waals surface area contributed by atoms with E-state index in [2.05, 4.69) is 15.2 Å². The maximum atomic E-state index is 15.2. The molecule has 2 N–H and O–H groups in total. The minimum absolute atomic E-state index is 0.0657. The number of H-pyrrole nitrogens is 1. The molecular weight excluding hydrogens is 479 g/mol. The number of rotatable bonds is 4. The van der Waals surface area contributed by atoms with Crippen LogP contribution in [0.1, 0.15) is 24.1 Å². The van der Waals surface area contributed by atoms with Gasteiger partial charge in [-0.1, -0.05) is 18.2 Å². The van der Waals surface area contributed by atoms with Crippen LogP contribution < -0.4 is 10.2 Å². The molecule has 0 aliphatic carbocycles. The summed E-state index contributed by atoms with van der Waals surface area (Å²) < 4.78 is 15.2. The van der Waals surface area contributed by atoms with Crippen LogP contribution in [0.2, 0.25) is 0 Å². The molecule has 3 aliphatic heterocycles. The summed E-state index contributed by atoms with van der Waals surface area (Å²) in [5, 5.41) is 5.95. The molecule has 6 heterocycles. The predicted octanol–water partition coefficient (Wildman–Crippen LogP) is 3.36. The summed E-state index contributed by atoms with van der Waals surface area (Å²) in [6.07, 6.45) is 2.57. The number of amides is 2.